The number of nitrogens with zero attached hydrogens (tertiary/aromatic N) is 2. The number of pyridine rings is 2. The summed E-state index contributed by atoms with van der Waals surface area (Å²) >= 11 is 7.73. The van der Waals surface area contributed by atoms with Gasteiger partial charge in [-0.05, 0) is 36.2 Å². The molecule has 3 N–H and O–H groups in total. The number of anilines is 2. The van der Waals surface area contributed by atoms with Crippen LogP contribution in [-0.4, -0.2) is 9.97 Å². The van der Waals surface area contributed by atoms with Gasteiger partial charge in [-0.1, -0.05) is 48.9 Å². The molecule has 1 aromatic carbocycles. The predicted octanol–water partition coefficient (Wildman–Crippen LogP) is 5.06. The van der Waals surface area contributed by atoms with Crippen molar-refractivity contribution in [3.63, 3.8) is 0 Å². The first-order valence-corrected chi connectivity index (χ1v) is 8.77. The van der Waals surface area contributed by atoms with E-state index in [1.807, 2.05) is 42.5 Å². The SMILES string of the molecule is CCc1ccccc1-c1nc(NSc2cccc(N)n2)ccc1Cl. The van der Waals surface area contributed by atoms with Crippen LogP contribution >= 0.6 is 23.5 Å². The van der Waals surface area contributed by atoms with Crippen molar-refractivity contribution in [3.8, 4) is 11.3 Å². The highest BCUT2D eigenvalue weighted by molar-refractivity contribution is 8.00. The Morgan fingerprint density at radius 1 is 1.04 bits per heavy atom. The molecule has 0 radical (unpaired) electrons. The second kappa shape index (κ2) is 7.55. The molecule has 4 nitrogen and oxygen atoms in total. The Hall–Kier alpha value is -2.24. The molecule has 24 heavy (non-hydrogen) atoms. The van der Waals surface area contributed by atoms with Gasteiger partial charge in [0.05, 0.1) is 10.7 Å². The molecule has 2 heterocycles. The molecule has 6 heteroatoms. The highest BCUT2D eigenvalue weighted by Crippen LogP contribution is 2.31. The molecule has 0 fully saturated rings. The van der Waals surface area contributed by atoms with E-state index in [0.29, 0.717) is 10.8 Å². The quantitative estimate of drug-likeness (QED) is 0.625. The Kier molecular flexibility index (Phi) is 5.23. The van der Waals surface area contributed by atoms with Crippen LogP contribution in [0.5, 0.6) is 0 Å². The summed E-state index contributed by atoms with van der Waals surface area (Å²) in [5.41, 5.74) is 8.75. The lowest BCUT2D eigenvalue weighted by molar-refractivity contribution is 1.13. The summed E-state index contributed by atoms with van der Waals surface area (Å²) in [6.07, 6.45) is 0.924. The van der Waals surface area contributed by atoms with Crippen LogP contribution in [0.1, 0.15) is 12.5 Å². The van der Waals surface area contributed by atoms with Gasteiger partial charge in [-0.3, -0.25) is 0 Å². The number of rotatable bonds is 5. The zero-order valence-corrected chi connectivity index (χ0v) is 14.7. The van der Waals surface area contributed by atoms with Gasteiger partial charge in [0.2, 0.25) is 0 Å². The maximum atomic E-state index is 6.37. The summed E-state index contributed by atoms with van der Waals surface area (Å²) < 4.78 is 3.19. The van der Waals surface area contributed by atoms with Crippen LogP contribution < -0.4 is 10.5 Å². The molecular formula is C18H17ClN4S. The summed E-state index contributed by atoms with van der Waals surface area (Å²) in [7, 11) is 0. The third-order valence-corrected chi connectivity index (χ3v) is 4.56. The van der Waals surface area contributed by atoms with E-state index in [2.05, 4.69) is 27.7 Å². The smallest absolute Gasteiger partial charge is 0.136 e. The van der Waals surface area contributed by atoms with Crippen molar-refractivity contribution in [1.29, 1.82) is 0 Å². The minimum atomic E-state index is 0.489. The Labute approximate surface area is 150 Å². The molecule has 3 rings (SSSR count). The van der Waals surface area contributed by atoms with Crippen LogP contribution in [0.3, 0.4) is 0 Å². The van der Waals surface area contributed by atoms with Crippen LogP contribution in [0.4, 0.5) is 11.6 Å². The molecular weight excluding hydrogens is 340 g/mol. The number of halogens is 1. The fraction of sp³-hybridized carbons (Fsp3) is 0.111. The number of nitrogens with one attached hydrogen (secondary N) is 1. The molecule has 0 amide bonds. The van der Waals surface area contributed by atoms with Gasteiger partial charge in [-0.15, -0.1) is 0 Å². The lowest BCUT2D eigenvalue weighted by Crippen LogP contribution is -1.97. The summed E-state index contributed by atoms with van der Waals surface area (Å²) in [4.78, 5) is 8.90. The summed E-state index contributed by atoms with van der Waals surface area (Å²) in [6.45, 7) is 2.12. The molecule has 0 saturated heterocycles. The molecule has 122 valence electrons. The van der Waals surface area contributed by atoms with Gasteiger partial charge < -0.3 is 10.5 Å². The van der Waals surface area contributed by atoms with Gasteiger partial charge >= 0.3 is 0 Å². The summed E-state index contributed by atoms with van der Waals surface area (Å²) in [5.74, 6) is 1.21. The van der Waals surface area contributed by atoms with Crippen LogP contribution in [0.2, 0.25) is 5.02 Å². The Balaban J connectivity index is 1.86. The minimum Gasteiger partial charge on any atom is -0.384 e. The largest absolute Gasteiger partial charge is 0.384 e. The Morgan fingerprint density at radius 2 is 1.88 bits per heavy atom. The maximum absolute atomic E-state index is 6.37. The highest BCUT2D eigenvalue weighted by atomic mass is 35.5. The predicted molar refractivity (Wildman–Crippen MR) is 102 cm³/mol. The third kappa shape index (κ3) is 3.80. The molecule has 0 aliphatic heterocycles. The van der Waals surface area contributed by atoms with E-state index < -0.39 is 0 Å². The van der Waals surface area contributed by atoms with Gasteiger partial charge in [-0.2, -0.15) is 0 Å². The standard InChI is InChI=1S/C18H17ClN4S/c1-2-12-6-3-4-7-13(12)18-14(19)10-11-16(22-18)23-24-17-9-5-8-15(20)21-17/h3-11H,2H2,1H3,(H2,20,21)(H,22,23). The lowest BCUT2D eigenvalue weighted by Gasteiger charge is -2.11. The average Bonchev–Trinajstić information content (AvgIpc) is 2.61. The van der Waals surface area contributed by atoms with Gasteiger partial charge in [0.25, 0.3) is 0 Å². The maximum Gasteiger partial charge on any atom is 0.136 e. The molecule has 0 spiro atoms. The zero-order valence-electron chi connectivity index (χ0n) is 13.2. The van der Waals surface area contributed by atoms with Crippen molar-refractivity contribution in [2.45, 2.75) is 18.4 Å². The number of aromatic nitrogens is 2. The first kappa shape index (κ1) is 16.6. The first-order chi connectivity index (χ1) is 11.7. The summed E-state index contributed by atoms with van der Waals surface area (Å²) in [6, 6.07) is 17.4. The van der Waals surface area contributed by atoms with Gasteiger partial charge in [0.1, 0.15) is 16.7 Å². The zero-order chi connectivity index (χ0) is 16.9. The molecule has 0 atom stereocenters. The topological polar surface area (TPSA) is 63.8 Å². The fourth-order valence-electron chi connectivity index (χ4n) is 2.34. The number of nitrogen functional groups attached to an aromatic ring is 1. The van der Waals surface area contributed by atoms with Crippen molar-refractivity contribution in [3.05, 3.63) is 65.2 Å². The normalized spacial score (nSPS) is 10.6. The molecule has 0 saturated carbocycles. The second-order valence-electron chi connectivity index (χ2n) is 5.14. The van der Waals surface area contributed by atoms with E-state index in [9.17, 15) is 0 Å². The van der Waals surface area contributed by atoms with Crippen molar-refractivity contribution in [2.24, 2.45) is 0 Å². The second-order valence-corrected chi connectivity index (χ2v) is 6.38. The molecule has 2 aromatic heterocycles. The van der Waals surface area contributed by atoms with Gasteiger partial charge in [0.15, 0.2) is 0 Å². The monoisotopic (exact) mass is 356 g/mol. The molecule has 0 unspecified atom stereocenters. The fourth-order valence-corrected chi connectivity index (χ4v) is 3.17. The van der Waals surface area contributed by atoms with Crippen LogP contribution in [0.15, 0.2) is 59.6 Å². The van der Waals surface area contributed by atoms with Gasteiger partial charge in [0, 0.05) is 17.5 Å². The van der Waals surface area contributed by atoms with E-state index in [4.69, 9.17) is 17.3 Å². The van der Waals surface area contributed by atoms with E-state index >= 15 is 0 Å². The van der Waals surface area contributed by atoms with E-state index in [-0.39, 0.29) is 0 Å². The molecule has 0 aliphatic carbocycles. The van der Waals surface area contributed by atoms with Crippen LogP contribution in [-0.2, 0) is 6.42 Å². The van der Waals surface area contributed by atoms with E-state index in [1.165, 1.54) is 17.5 Å². The minimum absolute atomic E-state index is 0.489. The van der Waals surface area contributed by atoms with Crippen molar-refractivity contribution in [2.75, 3.05) is 10.5 Å². The van der Waals surface area contributed by atoms with E-state index in [0.717, 1.165) is 28.5 Å². The Morgan fingerprint density at radius 3 is 2.67 bits per heavy atom. The van der Waals surface area contributed by atoms with E-state index in [1.54, 1.807) is 6.07 Å². The molecule has 0 bridgehead atoms. The molecule has 3 aromatic rings. The average molecular weight is 357 g/mol. The number of hydrogen-bond donors (Lipinski definition) is 2. The number of nitrogens with two attached hydrogens (primary N) is 1. The summed E-state index contributed by atoms with van der Waals surface area (Å²) in [5, 5.41) is 1.41. The van der Waals surface area contributed by atoms with Crippen LogP contribution in [0, 0.1) is 0 Å². The Bertz CT molecular complexity index is 854. The number of aryl methyl sites for hydroxylation is 1. The number of benzene rings is 1. The van der Waals surface area contributed by atoms with Crippen LogP contribution in [0.25, 0.3) is 11.3 Å². The van der Waals surface area contributed by atoms with Crippen molar-refractivity contribution >= 4 is 35.2 Å². The van der Waals surface area contributed by atoms with Crippen molar-refractivity contribution in [1.82, 2.24) is 9.97 Å². The molecule has 0 aliphatic rings. The first-order valence-electron chi connectivity index (χ1n) is 7.57. The van der Waals surface area contributed by atoms with Crippen molar-refractivity contribution < 1.29 is 0 Å². The lowest BCUT2D eigenvalue weighted by atomic mass is 10.0. The highest BCUT2D eigenvalue weighted by Gasteiger charge is 2.10. The number of hydrogen-bond acceptors (Lipinski definition) is 5. The van der Waals surface area contributed by atoms with Gasteiger partial charge in [-0.25, -0.2) is 9.97 Å². The third-order valence-electron chi connectivity index (χ3n) is 3.50.